The van der Waals surface area contributed by atoms with Crippen LogP contribution in [0.5, 0.6) is 11.6 Å². The number of aromatic hydroxyl groups is 1. The van der Waals surface area contributed by atoms with Crippen LogP contribution >= 0.6 is 11.3 Å². The zero-order valence-corrected chi connectivity index (χ0v) is 14.0. The molecule has 3 heterocycles. The summed E-state index contributed by atoms with van der Waals surface area (Å²) in [7, 11) is 1.55. The second kappa shape index (κ2) is 5.49. The number of nitrogens with one attached hydrogen (secondary N) is 2. The second-order valence-electron chi connectivity index (χ2n) is 5.68. The van der Waals surface area contributed by atoms with Crippen molar-refractivity contribution >= 4 is 34.0 Å². The normalized spacial score (nSPS) is 19.9. The number of methoxy groups -OCH3 is 1. The number of urea groups is 1. The van der Waals surface area contributed by atoms with E-state index in [1.165, 1.54) is 15.9 Å². The lowest BCUT2D eigenvalue weighted by molar-refractivity contribution is -0.124. The number of rotatable bonds is 4. The summed E-state index contributed by atoms with van der Waals surface area (Å²) in [4.78, 5) is 28.4. The number of benzene rings is 1. The average Bonchev–Trinajstić information content (AvgIpc) is 3.29. The standard InChI is InChI=1S/C16H14N4O4S/c1-24-10-3-2-9-7-20(12(21)11(9)6-10)8-16(14-17-4-5-25-14)13(22)18-15(23)19-16/h2-7,21H,8H2,1H3,(H2,18,19,22,23)/t16-/m0/s1. The lowest BCUT2D eigenvalue weighted by Crippen LogP contribution is -2.47. The third kappa shape index (κ3) is 2.31. The van der Waals surface area contributed by atoms with Crippen LogP contribution in [0.15, 0.2) is 36.0 Å². The molecule has 8 nitrogen and oxygen atoms in total. The van der Waals surface area contributed by atoms with Gasteiger partial charge in [0.05, 0.1) is 13.7 Å². The minimum absolute atomic E-state index is 0.0148. The molecular weight excluding hydrogens is 344 g/mol. The van der Waals surface area contributed by atoms with Gasteiger partial charge in [-0.05, 0) is 18.2 Å². The highest BCUT2D eigenvalue weighted by molar-refractivity contribution is 7.09. The molecule has 1 saturated heterocycles. The molecule has 1 aliphatic heterocycles. The quantitative estimate of drug-likeness (QED) is 0.614. The highest BCUT2D eigenvalue weighted by atomic mass is 32.1. The summed E-state index contributed by atoms with van der Waals surface area (Å²) in [5.41, 5.74) is -1.36. The molecule has 0 saturated carbocycles. The van der Waals surface area contributed by atoms with E-state index >= 15 is 0 Å². The SMILES string of the molecule is COc1ccc2cn(C[C@]3(c4nccs4)NC(=O)NC3=O)c(O)c2c1. The van der Waals surface area contributed by atoms with Gasteiger partial charge in [0.25, 0.3) is 5.91 Å². The predicted octanol–water partition coefficient (Wildman–Crippen LogP) is 1.55. The van der Waals surface area contributed by atoms with Gasteiger partial charge < -0.3 is 19.7 Å². The zero-order valence-electron chi connectivity index (χ0n) is 13.1. The first-order valence-corrected chi connectivity index (χ1v) is 8.31. The van der Waals surface area contributed by atoms with Crippen LogP contribution in [-0.4, -0.2) is 33.7 Å². The summed E-state index contributed by atoms with van der Waals surface area (Å²) in [6, 6.07) is 4.73. The molecule has 128 valence electrons. The van der Waals surface area contributed by atoms with Crippen molar-refractivity contribution in [3.8, 4) is 11.6 Å². The minimum Gasteiger partial charge on any atom is -0.497 e. The number of imide groups is 1. The van der Waals surface area contributed by atoms with Crippen molar-refractivity contribution in [3.63, 3.8) is 0 Å². The molecule has 1 aliphatic rings. The minimum atomic E-state index is -1.36. The van der Waals surface area contributed by atoms with Gasteiger partial charge in [-0.25, -0.2) is 9.78 Å². The number of aromatic nitrogens is 2. The molecule has 25 heavy (non-hydrogen) atoms. The van der Waals surface area contributed by atoms with E-state index in [0.717, 1.165) is 5.39 Å². The number of nitrogens with zero attached hydrogens (tertiary/aromatic N) is 2. The van der Waals surface area contributed by atoms with Crippen molar-refractivity contribution in [1.82, 2.24) is 20.2 Å². The maximum Gasteiger partial charge on any atom is 0.322 e. The number of thiazole rings is 1. The van der Waals surface area contributed by atoms with E-state index in [4.69, 9.17) is 4.74 Å². The summed E-state index contributed by atoms with van der Waals surface area (Å²) in [5, 5.41) is 19.0. The lowest BCUT2D eigenvalue weighted by atomic mass is 10.0. The van der Waals surface area contributed by atoms with Gasteiger partial charge in [0, 0.05) is 28.5 Å². The molecule has 0 bridgehead atoms. The van der Waals surface area contributed by atoms with Crippen LogP contribution in [0.3, 0.4) is 0 Å². The van der Waals surface area contributed by atoms with Crippen LogP contribution < -0.4 is 15.4 Å². The van der Waals surface area contributed by atoms with E-state index in [1.807, 2.05) is 6.07 Å². The first-order chi connectivity index (χ1) is 12.0. The van der Waals surface area contributed by atoms with Gasteiger partial charge in [0.2, 0.25) is 0 Å². The van der Waals surface area contributed by atoms with Gasteiger partial charge in [-0.15, -0.1) is 11.3 Å². The molecule has 3 aromatic rings. The summed E-state index contributed by atoms with van der Waals surface area (Å²) < 4.78 is 6.70. The van der Waals surface area contributed by atoms with Gasteiger partial charge in [-0.2, -0.15) is 0 Å². The Morgan fingerprint density at radius 1 is 1.40 bits per heavy atom. The van der Waals surface area contributed by atoms with Crippen molar-refractivity contribution in [1.29, 1.82) is 0 Å². The molecule has 2 aromatic heterocycles. The van der Waals surface area contributed by atoms with Crippen molar-refractivity contribution in [2.75, 3.05) is 7.11 Å². The number of amides is 3. The van der Waals surface area contributed by atoms with Crippen LogP contribution in [0.4, 0.5) is 4.79 Å². The van der Waals surface area contributed by atoms with E-state index in [-0.39, 0.29) is 12.4 Å². The van der Waals surface area contributed by atoms with Crippen LogP contribution in [0.25, 0.3) is 10.8 Å². The molecule has 0 aliphatic carbocycles. The summed E-state index contributed by atoms with van der Waals surface area (Å²) >= 11 is 1.26. The summed E-state index contributed by atoms with van der Waals surface area (Å²) in [6.45, 7) is 0.0148. The molecule has 4 rings (SSSR count). The number of hydrogen-bond donors (Lipinski definition) is 3. The molecule has 0 radical (unpaired) electrons. The number of carbonyl (C=O) groups excluding carboxylic acids is 2. The first kappa shape index (κ1) is 15.5. The average molecular weight is 358 g/mol. The van der Waals surface area contributed by atoms with Gasteiger partial charge in [-0.1, -0.05) is 0 Å². The van der Waals surface area contributed by atoms with E-state index in [2.05, 4.69) is 15.6 Å². The summed E-state index contributed by atoms with van der Waals surface area (Å²) in [6.07, 6.45) is 3.29. The van der Waals surface area contributed by atoms with Crippen LogP contribution in [-0.2, 0) is 16.9 Å². The molecule has 0 spiro atoms. The lowest BCUT2D eigenvalue weighted by Gasteiger charge is -2.24. The molecule has 9 heteroatoms. The number of hydrogen-bond acceptors (Lipinski definition) is 6. The highest BCUT2D eigenvalue weighted by Gasteiger charge is 2.50. The molecule has 1 atom stereocenters. The third-order valence-electron chi connectivity index (χ3n) is 4.21. The Balaban J connectivity index is 1.82. The van der Waals surface area contributed by atoms with Crippen LogP contribution in [0, 0.1) is 0 Å². The van der Waals surface area contributed by atoms with Crippen LogP contribution in [0.1, 0.15) is 5.01 Å². The Labute approximate surface area is 146 Å². The fraction of sp³-hybridized carbons (Fsp3) is 0.188. The van der Waals surface area contributed by atoms with E-state index in [1.54, 1.807) is 37.0 Å². The predicted molar refractivity (Wildman–Crippen MR) is 90.6 cm³/mol. The largest absolute Gasteiger partial charge is 0.497 e. The molecule has 1 fully saturated rings. The van der Waals surface area contributed by atoms with E-state index < -0.39 is 17.5 Å². The Morgan fingerprint density at radius 3 is 2.88 bits per heavy atom. The highest BCUT2D eigenvalue weighted by Crippen LogP contribution is 2.35. The Morgan fingerprint density at radius 2 is 2.24 bits per heavy atom. The number of carbonyl (C=O) groups is 2. The molecule has 1 aromatic carbocycles. The fourth-order valence-electron chi connectivity index (χ4n) is 2.98. The van der Waals surface area contributed by atoms with E-state index in [0.29, 0.717) is 16.1 Å². The van der Waals surface area contributed by atoms with Gasteiger partial charge in [-0.3, -0.25) is 10.1 Å². The van der Waals surface area contributed by atoms with Gasteiger partial charge in [0.15, 0.2) is 11.4 Å². The molecular formula is C16H14N4O4S. The van der Waals surface area contributed by atoms with Crippen molar-refractivity contribution < 1.29 is 19.4 Å². The monoisotopic (exact) mass is 358 g/mol. The Bertz CT molecular complexity index is 982. The number of ether oxygens (including phenoxy) is 1. The topological polar surface area (TPSA) is 105 Å². The third-order valence-corrected chi connectivity index (χ3v) is 5.15. The molecule has 0 unspecified atom stereocenters. The van der Waals surface area contributed by atoms with Gasteiger partial charge in [0.1, 0.15) is 10.8 Å². The summed E-state index contributed by atoms with van der Waals surface area (Å²) in [5.74, 6) is 0.100. The first-order valence-electron chi connectivity index (χ1n) is 7.43. The fourth-order valence-corrected chi connectivity index (χ4v) is 3.77. The Hall–Kier alpha value is -3.07. The zero-order chi connectivity index (χ0) is 17.6. The van der Waals surface area contributed by atoms with Crippen LogP contribution in [0.2, 0.25) is 0 Å². The van der Waals surface area contributed by atoms with Crippen molar-refractivity contribution in [2.24, 2.45) is 0 Å². The van der Waals surface area contributed by atoms with Crippen molar-refractivity contribution in [3.05, 3.63) is 41.0 Å². The number of fused-ring (bicyclic) bond motifs is 1. The smallest absolute Gasteiger partial charge is 0.322 e. The van der Waals surface area contributed by atoms with Crippen molar-refractivity contribution in [2.45, 2.75) is 12.1 Å². The molecule has 3 N–H and O–H groups in total. The maximum absolute atomic E-state index is 12.5. The Kier molecular flexibility index (Phi) is 3.39. The maximum atomic E-state index is 12.5. The molecule has 3 amide bonds. The second-order valence-corrected chi connectivity index (χ2v) is 6.58. The van der Waals surface area contributed by atoms with Gasteiger partial charge >= 0.3 is 6.03 Å². The van der Waals surface area contributed by atoms with E-state index in [9.17, 15) is 14.7 Å².